The molecular formula is C27H24F4N2O2S. The quantitative estimate of drug-likeness (QED) is 0.288. The number of halogens is 4. The molecule has 0 unspecified atom stereocenters. The van der Waals surface area contributed by atoms with Crippen LogP contribution in [0, 0.1) is 5.82 Å². The second-order valence-corrected chi connectivity index (χ2v) is 10.9. The number of fused-ring (bicyclic) bond motifs is 1. The van der Waals surface area contributed by atoms with Crippen molar-refractivity contribution in [3.8, 4) is 0 Å². The lowest BCUT2D eigenvalue weighted by Gasteiger charge is -2.31. The summed E-state index contributed by atoms with van der Waals surface area (Å²) in [5.41, 5.74) is 1.74. The Labute approximate surface area is 206 Å². The van der Waals surface area contributed by atoms with Crippen LogP contribution >= 0.6 is 0 Å². The summed E-state index contributed by atoms with van der Waals surface area (Å²) in [7, 11) is -4.29. The first-order chi connectivity index (χ1) is 17.1. The first-order valence-corrected chi connectivity index (χ1v) is 13.1. The molecule has 0 spiro atoms. The van der Waals surface area contributed by atoms with Gasteiger partial charge in [-0.15, -0.1) is 0 Å². The molecule has 2 heterocycles. The Morgan fingerprint density at radius 3 is 2.31 bits per heavy atom. The number of hydrogen-bond donors (Lipinski definition) is 0. The zero-order chi connectivity index (χ0) is 25.5. The van der Waals surface area contributed by atoms with E-state index >= 15 is 0 Å². The fourth-order valence-corrected chi connectivity index (χ4v) is 6.72. The Morgan fingerprint density at radius 1 is 0.889 bits per heavy atom. The van der Waals surface area contributed by atoms with E-state index in [4.69, 9.17) is 0 Å². The Morgan fingerprint density at radius 2 is 1.58 bits per heavy atom. The van der Waals surface area contributed by atoms with Gasteiger partial charge in [-0.25, -0.2) is 12.8 Å². The normalized spacial score (nSPS) is 16.0. The van der Waals surface area contributed by atoms with E-state index in [0.717, 1.165) is 38.5 Å². The maximum absolute atomic E-state index is 13.7. The molecule has 5 rings (SSSR count). The minimum atomic E-state index is -4.76. The number of sulfonamides is 1. The SMILES string of the molecule is O=S(=O)(c1ccccc1C(F)(F)F)N1CCC(c2cn(Cc3cccc(F)c3)c3ccccc23)CC1. The van der Waals surface area contributed by atoms with Gasteiger partial charge in [0.25, 0.3) is 0 Å². The first-order valence-electron chi connectivity index (χ1n) is 11.6. The van der Waals surface area contributed by atoms with Crippen molar-refractivity contribution in [3.63, 3.8) is 0 Å². The minimum absolute atomic E-state index is 0.0490. The molecule has 3 aromatic carbocycles. The molecule has 1 aliphatic rings. The van der Waals surface area contributed by atoms with Crippen LogP contribution in [0.5, 0.6) is 0 Å². The fourth-order valence-electron chi connectivity index (χ4n) is 5.04. The highest BCUT2D eigenvalue weighted by molar-refractivity contribution is 7.89. The lowest BCUT2D eigenvalue weighted by molar-refractivity contribution is -0.139. The van der Waals surface area contributed by atoms with E-state index in [-0.39, 0.29) is 24.8 Å². The highest BCUT2D eigenvalue weighted by Crippen LogP contribution is 2.39. The molecule has 0 amide bonds. The lowest BCUT2D eigenvalue weighted by Crippen LogP contribution is -2.38. The van der Waals surface area contributed by atoms with E-state index < -0.39 is 26.7 Å². The van der Waals surface area contributed by atoms with Crippen LogP contribution in [0.25, 0.3) is 10.9 Å². The second-order valence-electron chi connectivity index (χ2n) is 9.03. The molecule has 0 N–H and O–H groups in total. The number of aromatic nitrogens is 1. The van der Waals surface area contributed by atoms with E-state index in [2.05, 4.69) is 4.57 Å². The average molecular weight is 517 g/mol. The molecule has 1 saturated heterocycles. The molecule has 4 aromatic rings. The average Bonchev–Trinajstić information content (AvgIpc) is 3.22. The number of benzene rings is 3. The van der Waals surface area contributed by atoms with E-state index in [1.54, 1.807) is 6.07 Å². The third-order valence-corrected chi connectivity index (χ3v) is 8.72. The van der Waals surface area contributed by atoms with Gasteiger partial charge in [-0.1, -0.05) is 42.5 Å². The predicted octanol–water partition coefficient (Wildman–Crippen LogP) is 6.42. The number of rotatable bonds is 5. The van der Waals surface area contributed by atoms with Crippen molar-refractivity contribution in [2.24, 2.45) is 0 Å². The van der Waals surface area contributed by atoms with Gasteiger partial charge in [-0.3, -0.25) is 0 Å². The highest BCUT2D eigenvalue weighted by atomic mass is 32.2. The Kier molecular flexibility index (Phi) is 6.38. The van der Waals surface area contributed by atoms with Crippen LogP contribution in [0.3, 0.4) is 0 Å². The summed E-state index contributed by atoms with van der Waals surface area (Å²) < 4.78 is 83.5. The third-order valence-electron chi connectivity index (χ3n) is 6.77. The van der Waals surface area contributed by atoms with Crippen LogP contribution in [-0.2, 0) is 22.7 Å². The summed E-state index contributed by atoms with van der Waals surface area (Å²) >= 11 is 0. The molecule has 36 heavy (non-hydrogen) atoms. The minimum Gasteiger partial charge on any atom is -0.343 e. The van der Waals surface area contributed by atoms with Crippen molar-refractivity contribution in [1.29, 1.82) is 0 Å². The van der Waals surface area contributed by atoms with Crippen molar-refractivity contribution in [2.45, 2.75) is 36.4 Å². The smallest absolute Gasteiger partial charge is 0.343 e. The van der Waals surface area contributed by atoms with Gasteiger partial charge in [-0.05, 0) is 60.2 Å². The molecule has 0 saturated carbocycles. The van der Waals surface area contributed by atoms with Crippen LogP contribution in [0.4, 0.5) is 17.6 Å². The lowest BCUT2D eigenvalue weighted by atomic mass is 9.90. The Bertz CT molecular complexity index is 1500. The molecule has 4 nitrogen and oxygen atoms in total. The standard InChI is InChI=1S/C27H24F4N2O2S/c28-21-7-5-6-19(16-21)17-32-18-23(22-8-1-3-10-25(22)32)20-12-14-33(15-13-20)36(34,35)26-11-4-2-9-24(26)27(29,30)31/h1-11,16,18,20H,12-15,17H2. The Balaban J connectivity index is 1.39. The van der Waals surface area contributed by atoms with Gasteiger partial charge in [0.1, 0.15) is 5.82 Å². The maximum atomic E-state index is 13.7. The zero-order valence-electron chi connectivity index (χ0n) is 19.2. The van der Waals surface area contributed by atoms with E-state index in [1.165, 1.54) is 24.3 Å². The van der Waals surface area contributed by atoms with Gasteiger partial charge in [-0.2, -0.15) is 17.5 Å². The molecule has 9 heteroatoms. The van der Waals surface area contributed by atoms with Gasteiger partial charge in [0.15, 0.2) is 0 Å². The van der Waals surface area contributed by atoms with Crippen molar-refractivity contribution < 1.29 is 26.0 Å². The number of piperidine rings is 1. The van der Waals surface area contributed by atoms with Gasteiger partial charge in [0.05, 0.1) is 10.5 Å². The molecular weight excluding hydrogens is 492 g/mol. The topological polar surface area (TPSA) is 42.3 Å². The molecule has 188 valence electrons. The fraction of sp³-hybridized carbons (Fsp3) is 0.259. The van der Waals surface area contributed by atoms with Crippen LogP contribution < -0.4 is 0 Å². The van der Waals surface area contributed by atoms with E-state index in [0.29, 0.717) is 19.4 Å². The monoisotopic (exact) mass is 516 g/mol. The number of hydrogen-bond acceptors (Lipinski definition) is 2. The molecule has 1 aliphatic heterocycles. The van der Waals surface area contributed by atoms with E-state index in [1.807, 2.05) is 36.5 Å². The summed E-state index contributed by atoms with van der Waals surface area (Å²) in [6.07, 6.45) is -1.75. The molecule has 0 radical (unpaired) electrons. The zero-order valence-corrected chi connectivity index (χ0v) is 20.1. The molecule has 0 aliphatic carbocycles. The van der Waals surface area contributed by atoms with Gasteiger partial charge in [0.2, 0.25) is 10.0 Å². The summed E-state index contributed by atoms with van der Waals surface area (Å²) in [5.74, 6) is -0.252. The van der Waals surface area contributed by atoms with Crippen molar-refractivity contribution in [3.05, 3.63) is 102 Å². The number of para-hydroxylation sites is 1. The van der Waals surface area contributed by atoms with Gasteiger partial charge in [0, 0.05) is 36.7 Å². The summed E-state index contributed by atoms with van der Waals surface area (Å²) in [5, 5.41) is 1.04. The predicted molar refractivity (Wildman–Crippen MR) is 130 cm³/mol. The summed E-state index contributed by atoms with van der Waals surface area (Å²) in [4.78, 5) is -0.706. The molecule has 0 atom stereocenters. The molecule has 1 fully saturated rings. The van der Waals surface area contributed by atoms with Gasteiger partial charge < -0.3 is 4.57 Å². The van der Waals surface area contributed by atoms with Crippen LogP contribution in [0.2, 0.25) is 0 Å². The third kappa shape index (κ3) is 4.65. The molecule has 1 aromatic heterocycles. The largest absolute Gasteiger partial charge is 0.417 e. The van der Waals surface area contributed by atoms with Crippen LogP contribution in [-0.4, -0.2) is 30.4 Å². The molecule has 0 bridgehead atoms. The van der Waals surface area contributed by atoms with Crippen LogP contribution in [0.1, 0.15) is 35.4 Å². The Hall–Kier alpha value is -3.17. The van der Waals surface area contributed by atoms with Crippen molar-refractivity contribution >= 4 is 20.9 Å². The summed E-state index contributed by atoms with van der Waals surface area (Å²) in [6, 6.07) is 18.6. The second kappa shape index (κ2) is 9.37. The number of nitrogens with zero attached hydrogens (tertiary/aromatic N) is 2. The highest BCUT2D eigenvalue weighted by Gasteiger charge is 2.40. The van der Waals surface area contributed by atoms with Gasteiger partial charge >= 0.3 is 6.18 Å². The maximum Gasteiger partial charge on any atom is 0.417 e. The van der Waals surface area contributed by atoms with Crippen molar-refractivity contribution in [2.75, 3.05) is 13.1 Å². The van der Waals surface area contributed by atoms with Crippen LogP contribution in [0.15, 0.2) is 83.9 Å². The van der Waals surface area contributed by atoms with Crippen molar-refractivity contribution in [1.82, 2.24) is 8.87 Å². The summed E-state index contributed by atoms with van der Waals surface area (Å²) in [6.45, 7) is 0.741. The van der Waals surface area contributed by atoms with E-state index in [9.17, 15) is 26.0 Å². The number of alkyl halides is 3. The first kappa shape index (κ1) is 24.5.